The van der Waals surface area contributed by atoms with E-state index in [1.54, 1.807) is 42.5 Å². The first kappa shape index (κ1) is 13.1. The van der Waals surface area contributed by atoms with Gasteiger partial charge in [-0.3, -0.25) is 0 Å². The molecule has 5 heteroatoms. The molecule has 0 atom stereocenters. The molecule has 0 bridgehead atoms. The number of carboxylic acids is 1. The zero-order chi connectivity index (χ0) is 13.8. The third kappa shape index (κ3) is 2.74. The van der Waals surface area contributed by atoms with Crippen LogP contribution in [0.2, 0.25) is 5.02 Å². The minimum Gasteiger partial charge on any atom is -0.478 e. The molecule has 2 aromatic carbocycles. The maximum Gasteiger partial charge on any atom is 0.336 e. The van der Waals surface area contributed by atoms with E-state index in [1.165, 1.54) is 6.07 Å². The highest BCUT2D eigenvalue weighted by molar-refractivity contribution is 6.30. The molecule has 0 amide bonds. The van der Waals surface area contributed by atoms with Crippen LogP contribution in [0.3, 0.4) is 0 Å². The van der Waals surface area contributed by atoms with Crippen LogP contribution in [0, 0.1) is 0 Å². The number of carbonyl (C=O) groups is 1. The highest BCUT2D eigenvalue weighted by Gasteiger charge is 2.15. The standard InChI is InChI=1S/C14H11ClN2O2/c15-10-7-5-9(6-8-10)13(17-16)11-3-1-2-4-12(11)14(18)19/h1-8H,16H2,(H,18,19)/b17-13-. The molecular formula is C14H11ClN2O2. The third-order valence-electron chi connectivity index (χ3n) is 2.66. The van der Waals surface area contributed by atoms with Crippen molar-refractivity contribution in [3.05, 3.63) is 70.2 Å². The first-order valence-corrected chi connectivity index (χ1v) is 5.88. The summed E-state index contributed by atoms with van der Waals surface area (Å²) in [7, 11) is 0. The molecule has 0 saturated heterocycles. The number of aromatic carboxylic acids is 1. The van der Waals surface area contributed by atoms with Gasteiger partial charge in [-0.2, -0.15) is 5.10 Å². The zero-order valence-electron chi connectivity index (χ0n) is 9.88. The fourth-order valence-corrected chi connectivity index (χ4v) is 1.91. The van der Waals surface area contributed by atoms with Crippen LogP contribution in [0.25, 0.3) is 0 Å². The van der Waals surface area contributed by atoms with Crippen LogP contribution in [0.5, 0.6) is 0 Å². The Morgan fingerprint density at radius 2 is 1.63 bits per heavy atom. The van der Waals surface area contributed by atoms with E-state index < -0.39 is 5.97 Å². The quantitative estimate of drug-likeness (QED) is 0.513. The molecule has 0 unspecified atom stereocenters. The molecular weight excluding hydrogens is 264 g/mol. The molecule has 0 radical (unpaired) electrons. The van der Waals surface area contributed by atoms with Gasteiger partial charge in [0.05, 0.1) is 11.3 Å². The summed E-state index contributed by atoms with van der Waals surface area (Å²) in [5.74, 6) is 4.38. The van der Waals surface area contributed by atoms with Crippen LogP contribution in [-0.4, -0.2) is 16.8 Å². The monoisotopic (exact) mass is 274 g/mol. The van der Waals surface area contributed by atoms with Crippen molar-refractivity contribution in [3.8, 4) is 0 Å². The minimum atomic E-state index is -1.02. The van der Waals surface area contributed by atoms with E-state index in [0.717, 1.165) is 0 Å². The van der Waals surface area contributed by atoms with Crippen molar-refractivity contribution >= 4 is 23.3 Å². The molecule has 0 aliphatic heterocycles. The second-order valence-electron chi connectivity index (χ2n) is 3.84. The third-order valence-corrected chi connectivity index (χ3v) is 2.91. The second kappa shape index (κ2) is 5.54. The van der Waals surface area contributed by atoms with E-state index in [0.29, 0.717) is 21.9 Å². The predicted molar refractivity (Wildman–Crippen MR) is 74.7 cm³/mol. The van der Waals surface area contributed by atoms with Gasteiger partial charge in [-0.15, -0.1) is 0 Å². The summed E-state index contributed by atoms with van der Waals surface area (Å²) in [6, 6.07) is 13.5. The summed E-state index contributed by atoms with van der Waals surface area (Å²) >= 11 is 5.82. The number of hydrogen-bond donors (Lipinski definition) is 2. The molecule has 4 nitrogen and oxygen atoms in total. The SMILES string of the molecule is N/N=C(/c1ccc(Cl)cc1)c1ccccc1C(=O)O. The van der Waals surface area contributed by atoms with Gasteiger partial charge in [0.15, 0.2) is 0 Å². The lowest BCUT2D eigenvalue weighted by Gasteiger charge is -2.09. The lowest BCUT2D eigenvalue weighted by atomic mass is 9.97. The van der Waals surface area contributed by atoms with Gasteiger partial charge in [0, 0.05) is 16.1 Å². The minimum absolute atomic E-state index is 0.154. The van der Waals surface area contributed by atoms with Crippen LogP contribution >= 0.6 is 11.6 Å². The zero-order valence-corrected chi connectivity index (χ0v) is 10.6. The number of hydrazone groups is 1. The molecule has 0 fully saturated rings. The Hall–Kier alpha value is -2.33. The lowest BCUT2D eigenvalue weighted by molar-refractivity contribution is 0.0696. The van der Waals surface area contributed by atoms with Gasteiger partial charge < -0.3 is 10.9 Å². The Balaban J connectivity index is 2.55. The number of carboxylic acid groups (broad SMARTS) is 1. The molecule has 0 aromatic heterocycles. The lowest BCUT2D eigenvalue weighted by Crippen LogP contribution is -2.12. The van der Waals surface area contributed by atoms with Gasteiger partial charge in [-0.25, -0.2) is 4.79 Å². The van der Waals surface area contributed by atoms with Gasteiger partial charge in [-0.05, 0) is 18.2 Å². The van der Waals surface area contributed by atoms with Gasteiger partial charge >= 0.3 is 5.97 Å². The number of halogens is 1. The van der Waals surface area contributed by atoms with Gasteiger partial charge in [-0.1, -0.05) is 41.9 Å². The van der Waals surface area contributed by atoms with Crippen molar-refractivity contribution in [1.82, 2.24) is 0 Å². The molecule has 19 heavy (non-hydrogen) atoms. The topological polar surface area (TPSA) is 75.7 Å². The Morgan fingerprint density at radius 1 is 1.05 bits per heavy atom. The Morgan fingerprint density at radius 3 is 2.16 bits per heavy atom. The van der Waals surface area contributed by atoms with Crippen molar-refractivity contribution in [2.75, 3.05) is 0 Å². The van der Waals surface area contributed by atoms with Crippen LogP contribution < -0.4 is 5.84 Å². The molecule has 0 saturated carbocycles. The van der Waals surface area contributed by atoms with Gasteiger partial charge in [0.25, 0.3) is 0 Å². The van der Waals surface area contributed by atoms with Crippen molar-refractivity contribution in [2.45, 2.75) is 0 Å². The van der Waals surface area contributed by atoms with E-state index in [-0.39, 0.29) is 5.56 Å². The molecule has 2 aromatic rings. The number of nitrogens with two attached hydrogens (primary N) is 1. The van der Waals surface area contributed by atoms with Gasteiger partial charge in [0.2, 0.25) is 0 Å². The van der Waals surface area contributed by atoms with E-state index >= 15 is 0 Å². The number of hydrogen-bond acceptors (Lipinski definition) is 3. The average molecular weight is 275 g/mol. The van der Waals surface area contributed by atoms with Crippen molar-refractivity contribution < 1.29 is 9.90 Å². The predicted octanol–water partition coefficient (Wildman–Crippen LogP) is 2.75. The summed E-state index contributed by atoms with van der Waals surface area (Å²) in [5, 5.41) is 13.5. The summed E-state index contributed by atoms with van der Waals surface area (Å²) in [6.45, 7) is 0. The van der Waals surface area contributed by atoms with Crippen LogP contribution in [-0.2, 0) is 0 Å². The van der Waals surface area contributed by atoms with Crippen molar-refractivity contribution in [2.24, 2.45) is 10.9 Å². The number of rotatable bonds is 3. The highest BCUT2D eigenvalue weighted by Crippen LogP contribution is 2.17. The fourth-order valence-electron chi connectivity index (χ4n) is 1.78. The van der Waals surface area contributed by atoms with E-state index in [1.807, 2.05) is 0 Å². The average Bonchev–Trinajstić information content (AvgIpc) is 2.42. The first-order chi connectivity index (χ1) is 9.13. The molecule has 96 valence electrons. The maximum absolute atomic E-state index is 11.2. The smallest absolute Gasteiger partial charge is 0.336 e. The summed E-state index contributed by atoms with van der Waals surface area (Å²) < 4.78 is 0. The Labute approximate surface area is 115 Å². The molecule has 3 N–H and O–H groups in total. The summed E-state index contributed by atoms with van der Waals surface area (Å²) in [4.78, 5) is 11.2. The molecule has 2 rings (SSSR count). The highest BCUT2D eigenvalue weighted by atomic mass is 35.5. The van der Waals surface area contributed by atoms with Crippen molar-refractivity contribution in [3.63, 3.8) is 0 Å². The Bertz CT molecular complexity index is 636. The molecule has 0 spiro atoms. The Kier molecular flexibility index (Phi) is 3.82. The first-order valence-electron chi connectivity index (χ1n) is 5.50. The largest absolute Gasteiger partial charge is 0.478 e. The number of nitrogens with zero attached hydrogens (tertiary/aromatic N) is 1. The van der Waals surface area contributed by atoms with Crippen LogP contribution in [0.15, 0.2) is 53.6 Å². The fraction of sp³-hybridized carbons (Fsp3) is 0. The van der Waals surface area contributed by atoms with Crippen LogP contribution in [0.4, 0.5) is 0 Å². The normalized spacial score (nSPS) is 11.3. The van der Waals surface area contributed by atoms with E-state index in [4.69, 9.17) is 17.4 Å². The molecule has 0 aliphatic rings. The van der Waals surface area contributed by atoms with Gasteiger partial charge in [0.1, 0.15) is 0 Å². The van der Waals surface area contributed by atoms with Crippen LogP contribution in [0.1, 0.15) is 21.5 Å². The number of benzene rings is 2. The van der Waals surface area contributed by atoms with E-state index in [9.17, 15) is 9.90 Å². The molecule has 0 heterocycles. The second-order valence-corrected chi connectivity index (χ2v) is 4.27. The summed E-state index contributed by atoms with van der Waals surface area (Å²) in [6.07, 6.45) is 0. The van der Waals surface area contributed by atoms with E-state index in [2.05, 4.69) is 5.10 Å². The summed E-state index contributed by atoms with van der Waals surface area (Å²) in [5.41, 5.74) is 1.75. The maximum atomic E-state index is 11.2. The molecule has 0 aliphatic carbocycles. The van der Waals surface area contributed by atoms with Crippen molar-refractivity contribution in [1.29, 1.82) is 0 Å².